The van der Waals surface area contributed by atoms with Crippen molar-refractivity contribution in [2.75, 3.05) is 0 Å². The van der Waals surface area contributed by atoms with Gasteiger partial charge in [0.1, 0.15) is 11.2 Å². The molecule has 2 rings (SSSR count). The minimum Gasteiger partial charge on any atom is -0.327 e. The summed E-state index contributed by atoms with van der Waals surface area (Å²) in [6.45, 7) is 2.15. The highest BCUT2D eigenvalue weighted by atomic mass is 32.1. The smallest absolute Gasteiger partial charge is 0.126 e. The molecule has 0 bridgehead atoms. The fraction of sp³-hybridized carbons (Fsp3) is 0.455. The molecule has 0 saturated carbocycles. The van der Waals surface area contributed by atoms with Crippen LogP contribution in [0.4, 0.5) is 0 Å². The van der Waals surface area contributed by atoms with E-state index in [0.717, 1.165) is 35.2 Å². The minimum atomic E-state index is 0.216. The molecule has 0 aliphatic heterocycles. The molecule has 0 aliphatic carbocycles. The normalized spacial score (nSPS) is 13.2. The molecule has 0 aliphatic rings. The monoisotopic (exact) mass is 221 g/mol. The van der Waals surface area contributed by atoms with Crippen molar-refractivity contribution < 1.29 is 0 Å². The summed E-state index contributed by atoms with van der Waals surface area (Å²) in [5.41, 5.74) is 7.10. The molecule has 0 radical (unpaired) electrons. The summed E-state index contributed by atoms with van der Waals surface area (Å²) in [6.07, 6.45) is 4.66. The van der Waals surface area contributed by atoms with Crippen LogP contribution in [0.2, 0.25) is 0 Å². The predicted octanol–water partition coefficient (Wildman–Crippen LogP) is 2.36. The van der Waals surface area contributed by atoms with Crippen molar-refractivity contribution >= 4 is 21.6 Å². The zero-order valence-corrected chi connectivity index (χ0v) is 9.63. The number of nitrogens with zero attached hydrogens (tertiary/aromatic N) is 2. The average Bonchev–Trinajstić information content (AvgIpc) is 2.67. The Hall–Kier alpha value is -1.00. The van der Waals surface area contributed by atoms with E-state index < -0.39 is 0 Å². The zero-order valence-electron chi connectivity index (χ0n) is 8.81. The van der Waals surface area contributed by atoms with Crippen molar-refractivity contribution in [3.63, 3.8) is 0 Å². The van der Waals surface area contributed by atoms with Gasteiger partial charge >= 0.3 is 0 Å². The fourth-order valence-corrected chi connectivity index (χ4v) is 2.48. The largest absolute Gasteiger partial charge is 0.327 e. The molecular weight excluding hydrogens is 206 g/mol. The maximum absolute atomic E-state index is 6.02. The molecule has 4 heteroatoms. The molecule has 0 fully saturated rings. The molecule has 1 atom stereocenters. The fourth-order valence-electron chi connectivity index (χ4n) is 1.73. The van der Waals surface area contributed by atoms with Crippen molar-refractivity contribution in [2.45, 2.75) is 32.2 Å². The van der Waals surface area contributed by atoms with E-state index in [1.54, 1.807) is 17.7 Å². The van der Waals surface area contributed by atoms with E-state index in [1.165, 1.54) is 0 Å². The molecule has 0 amide bonds. The van der Waals surface area contributed by atoms with Gasteiger partial charge < -0.3 is 5.73 Å². The second-order valence-electron chi connectivity index (χ2n) is 3.71. The van der Waals surface area contributed by atoms with Crippen LogP contribution in [0.5, 0.6) is 0 Å². The van der Waals surface area contributed by atoms with Gasteiger partial charge in [-0.25, -0.2) is 9.97 Å². The molecule has 0 aromatic carbocycles. The van der Waals surface area contributed by atoms with Crippen molar-refractivity contribution in [1.29, 1.82) is 0 Å². The van der Waals surface area contributed by atoms with Crippen LogP contribution in [-0.2, 0) is 6.42 Å². The molecule has 2 N–H and O–H groups in total. The third-order valence-corrected chi connectivity index (χ3v) is 3.28. The van der Waals surface area contributed by atoms with Crippen LogP contribution in [0, 0.1) is 0 Å². The molecule has 1 unspecified atom stereocenters. The summed E-state index contributed by atoms with van der Waals surface area (Å²) in [6, 6.07) is 2.29. The summed E-state index contributed by atoms with van der Waals surface area (Å²) < 4.78 is 0. The van der Waals surface area contributed by atoms with Crippen molar-refractivity contribution in [1.82, 2.24) is 9.97 Å². The Labute approximate surface area is 93.4 Å². The summed E-state index contributed by atoms with van der Waals surface area (Å²) in [5, 5.41) is 3.21. The van der Waals surface area contributed by atoms with E-state index >= 15 is 0 Å². The zero-order chi connectivity index (χ0) is 10.7. The SMILES string of the molecule is CCCC(N)Cc1ncnc2sccc12. The highest BCUT2D eigenvalue weighted by Gasteiger charge is 2.08. The lowest BCUT2D eigenvalue weighted by molar-refractivity contribution is 0.595. The van der Waals surface area contributed by atoms with Crippen molar-refractivity contribution in [3.8, 4) is 0 Å². The Morgan fingerprint density at radius 1 is 1.47 bits per heavy atom. The van der Waals surface area contributed by atoms with E-state index in [0.29, 0.717) is 0 Å². The Kier molecular flexibility index (Phi) is 3.28. The first-order valence-electron chi connectivity index (χ1n) is 5.24. The van der Waals surface area contributed by atoms with E-state index in [2.05, 4.69) is 23.0 Å². The number of hydrogen-bond donors (Lipinski definition) is 1. The summed E-state index contributed by atoms with van der Waals surface area (Å²) in [7, 11) is 0. The van der Waals surface area contributed by atoms with Crippen LogP contribution in [0.1, 0.15) is 25.5 Å². The molecule has 80 valence electrons. The summed E-state index contributed by atoms with van der Waals surface area (Å²) in [4.78, 5) is 9.60. The highest BCUT2D eigenvalue weighted by Crippen LogP contribution is 2.21. The average molecular weight is 221 g/mol. The van der Waals surface area contributed by atoms with Gasteiger partial charge in [0.25, 0.3) is 0 Å². The number of hydrogen-bond acceptors (Lipinski definition) is 4. The molecule has 2 aromatic rings. The van der Waals surface area contributed by atoms with Gasteiger partial charge in [-0.1, -0.05) is 13.3 Å². The highest BCUT2D eigenvalue weighted by molar-refractivity contribution is 7.16. The van der Waals surface area contributed by atoms with Crippen LogP contribution in [0.25, 0.3) is 10.2 Å². The number of fused-ring (bicyclic) bond motifs is 1. The van der Waals surface area contributed by atoms with E-state index in [9.17, 15) is 0 Å². The molecule has 2 aromatic heterocycles. The van der Waals surface area contributed by atoms with Gasteiger partial charge in [0.05, 0.1) is 5.69 Å². The number of nitrogens with two attached hydrogens (primary N) is 1. The quantitative estimate of drug-likeness (QED) is 0.862. The summed E-state index contributed by atoms with van der Waals surface area (Å²) >= 11 is 1.65. The number of rotatable bonds is 4. The lowest BCUT2D eigenvalue weighted by Gasteiger charge is -2.09. The van der Waals surface area contributed by atoms with Crippen molar-refractivity contribution in [3.05, 3.63) is 23.5 Å². The third-order valence-electron chi connectivity index (χ3n) is 2.46. The second kappa shape index (κ2) is 4.68. The van der Waals surface area contributed by atoms with Gasteiger partial charge in [0, 0.05) is 17.8 Å². The summed E-state index contributed by atoms with van der Waals surface area (Å²) in [5.74, 6) is 0. The van der Waals surface area contributed by atoms with E-state index in [-0.39, 0.29) is 6.04 Å². The van der Waals surface area contributed by atoms with Gasteiger partial charge in [-0.15, -0.1) is 11.3 Å². The van der Waals surface area contributed by atoms with Crippen LogP contribution in [0.3, 0.4) is 0 Å². The van der Waals surface area contributed by atoms with Gasteiger partial charge in [0.15, 0.2) is 0 Å². The second-order valence-corrected chi connectivity index (χ2v) is 4.61. The van der Waals surface area contributed by atoms with Crippen LogP contribution in [0.15, 0.2) is 17.8 Å². The molecule has 3 nitrogen and oxygen atoms in total. The van der Waals surface area contributed by atoms with Gasteiger partial charge in [-0.3, -0.25) is 0 Å². The van der Waals surface area contributed by atoms with E-state index in [4.69, 9.17) is 5.73 Å². The van der Waals surface area contributed by atoms with Crippen LogP contribution < -0.4 is 5.73 Å². The first kappa shape index (κ1) is 10.5. The first-order chi connectivity index (χ1) is 7.31. The lowest BCUT2D eigenvalue weighted by atomic mass is 10.1. The Balaban J connectivity index is 2.23. The van der Waals surface area contributed by atoms with E-state index in [1.807, 2.05) is 5.38 Å². The Bertz CT molecular complexity index is 438. The first-order valence-corrected chi connectivity index (χ1v) is 6.12. The van der Waals surface area contributed by atoms with Gasteiger partial charge in [0.2, 0.25) is 0 Å². The minimum absolute atomic E-state index is 0.216. The Morgan fingerprint density at radius 2 is 2.33 bits per heavy atom. The number of thiophene rings is 1. The van der Waals surface area contributed by atoms with Crippen LogP contribution in [-0.4, -0.2) is 16.0 Å². The molecule has 0 saturated heterocycles. The standard InChI is InChI=1S/C11H15N3S/c1-2-3-8(12)6-10-9-4-5-15-11(9)14-7-13-10/h4-5,7-8H,2-3,6,12H2,1H3. The third kappa shape index (κ3) is 2.33. The molecule has 0 spiro atoms. The van der Waals surface area contributed by atoms with Crippen molar-refractivity contribution in [2.24, 2.45) is 5.73 Å². The maximum atomic E-state index is 6.02. The topological polar surface area (TPSA) is 51.8 Å². The molecule has 2 heterocycles. The molecular formula is C11H15N3S. The van der Waals surface area contributed by atoms with Gasteiger partial charge in [-0.05, 0) is 17.9 Å². The predicted molar refractivity (Wildman–Crippen MR) is 64.0 cm³/mol. The Morgan fingerprint density at radius 3 is 3.13 bits per heavy atom. The maximum Gasteiger partial charge on any atom is 0.126 e. The lowest BCUT2D eigenvalue weighted by Crippen LogP contribution is -2.22. The number of aromatic nitrogens is 2. The van der Waals surface area contributed by atoms with Gasteiger partial charge in [-0.2, -0.15) is 0 Å². The molecule has 15 heavy (non-hydrogen) atoms. The van der Waals surface area contributed by atoms with Crippen LogP contribution >= 0.6 is 11.3 Å².